The van der Waals surface area contributed by atoms with Crippen molar-refractivity contribution in [1.29, 1.82) is 5.41 Å². The van der Waals surface area contributed by atoms with E-state index in [-0.39, 0.29) is 0 Å². The minimum absolute atomic E-state index is 0.472. The SMILES string of the molecule is N=C/C(=C\N)c1cnc2ccc(-c3[nH]cnc3-c3ccc(F)c(F)c3)cc2c1.NC1CCCCC1. The van der Waals surface area contributed by atoms with Gasteiger partial charge >= 0.3 is 0 Å². The molecule has 1 aliphatic rings. The van der Waals surface area contributed by atoms with Crippen LogP contribution in [0.5, 0.6) is 0 Å². The highest BCUT2D eigenvalue weighted by Gasteiger charge is 2.14. The topological polar surface area (TPSA) is 117 Å². The molecule has 0 aliphatic heterocycles. The third-order valence-corrected chi connectivity index (χ3v) is 6.12. The van der Waals surface area contributed by atoms with Gasteiger partial charge in [-0.15, -0.1) is 0 Å². The number of benzene rings is 2. The van der Waals surface area contributed by atoms with Gasteiger partial charge in [0.05, 0.1) is 23.2 Å². The Hall–Kier alpha value is -3.91. The standard InChI is InChI=1S/C21H15F2N5.C6H13N/c22-17-3-1-13(7-18(17)23)21-20(27-11-28-21)12-2-4-19-14(5-12)6-15(10-26-19)16(8-24)9-25;7-6-4-2-1-3-5-6/h1-11,24H,25H2,(H,27,28);6H,1-5,7H2/b16-9+,24-8?;. The summed E-state index contributed by atoms with van der Waals surface area (Å²) in [5, 5.41) is 8.29. The molecular weight excluding hydrogens is 446 g/mol. The molecule has 1 aliphatic carbocycles. The second kappa shape index (κ2) is 11.0. The van der Waals surface area contributed by atoms with Gasteiger partial charge in [-0.2, -0.15) is 0 Å². The molecule has 6 nitrogen and oxygen atoms in total. The van der Waals surface area contributed by atoms with Crippen LogP contribution in [0.1, 0.15) is 37.7 Å². The van der Waals surface area contributed by atoms with E-state index in [1.165, 1.54) is 56.9 Å². The predicted octanol–water partition coefficient (Wildman–Crippen LogP) is 5.80. The molecule has 5 rings (SSSR count). The van der Waals surface area contributed by atoms with E-state index >= 15 is 0 Å². The van der Waals surface area contributed by atoms with Gasteiger partial charge in [-0.1, -0.05) is 25.3 Å². The lowest BCUT2D eigenvalue weighted by atomic mass is 9.97. The van der Waals surface area contributed by atoms with Crippen molar-refractivity contribution in [2.24, 2.45) is 11.5 Å². The maximum atomic E-state index is 13.6. The van der Waals surface area contributed by atoms with E-state index in [0.717, 1.165) is 34.2 Å². The van der Waals surface area contributed by atoms with E-state index in [0.29, 0.717) is 28.6 Å². The largest absolute Gasteiger partial charge is 0.404 e. The number of allylic oxidation sites excluding steroid dienone is 1. The molecule has 6 N–H and O–H groups in total. The van der Waals surface area contributed by atoms with Crippen molar-refractivity contribution in [2.75, 3.05) is 0 Å². The van der Waals surface area contributed by atoms with E-state index in [9.17, 15) is 8.78 Å². The zero-order valence-electron chi connectivity index (χ0n) is 19.3. The monoisotopic (exact) mass is 474 g/mol. The molecule has 180 valence electrons. The summed E-state index contributed by atoms with van der Waals surface area (Å²) in [6.07, 6.45) is 12.4. The summed E-state index contributed by atoms with van der Waals surface area (Å²) in [5.74, 6) is -1.83. The van der Waals surface area contributed by atoms with Crippen molar-refractivity contribution < 1.29 is 8.78 Å². The molecule has 0 unspecified atom stereocenters. The van der Waals surface area contributed by atoms with Gasteiger partial charge in [0.2, 0.25) is 0 Å². The molecule has 0 amide bonds. The lowest BCUT2D eigenvalue weighted by Crippen LogP contribution is -2.22. The molecule has 0 atom stereocenters. The zero-order valence-corrected chi connectivity index (χ0v) is 19.3. The van der Waals surface area contributed by atoms with Crippen molar-refractivity contribution in [2.45, 2.75) is 38.1 Å². The molecule has 0 saturated heterocycles. The van der Waals surface area contributed by atoms with Crippen LogP contribution in [0.3, 0.4) is 0 Å². The number of rotatable bonds is 4. The fourth-order valence-corrected chi connectivity index (χ4v) is 4.18. The van der Waals surface area contributed by atoms with Gasteiger partial charge in [0.1, 0.15) is 0 Å². The number of hydrogen-bond donors (Lipinski definition) is 4. The summed E-state index contributed by atoms with van der Waals surface area (Å²) in [7, 11) is 0. The Labute approximate surface area is 202 Å². The molecular formula is C27H28F2N6. The van der Waals surface area contributed by atoms with Crippen molar-refractivity contribution >= 4 is 22.7 Å². The Morgan fingerprint density at radius 2 is 1.74 bits per heavy atom. The van der Waals surface area contributed by atoms with E-state index in [2.05, 4.69) is 15.0 Å². The molecule has 35 heavy (non-hydrogen) atoms. The highest BCUT2D eigenvalue weighted by atomic mass is 19.2. The van der Waals surface area contributed by atoms with Crippen LogP contribution in [0.15, 0.2) is 61.2 Å². The fraction of sp³-hybridized carbons (Fsp3) is 0.222. The van der Waals surface area contributed by atoms with Crippen molar-refractivity contribution in [3.8, 4) is 22.5 Å². The number of imidazole rings is 1. The number of fused-ring (bicyclic) bond motifs is 1. The Bertz CT molecular complexity index is 1360. The van der Waals surface area contributed by atoms with Crippen LogP contribution in [0.2, 0.25) is 0 Å². The molecule has 2 heterocycles. The summed E-state index contributed by atoms with van der Waals surface area (Å²) in [6.45, 7) is 0. The van der Waals surface area contributed by atoms with Crippen LogP contribution in [0, 0.1) is 17.0 Å². The van der Waals surface area contributed by atoms with Crippen molar-refractivity contribution in [3.05, 3.63) is 78.4 Å². The fourth-order valence-electron chi connectivity index (χ4n) is 4.18. The summed E-state index contributed by atoms with van der Waals surface area (Å²) < 4.78 is 26.9. The summed E-state index contributed by atoms with van der Waals surface area (Å²) in [4.78, 5) is 11.7. The molecule has 0 radical (unpaired) electrons. The average molecular weight is 475 g/mol. The summed E-state index contributed by atoms with van der Waals surface area (Å²) in [6, 6.07) is 11.8. The lowest BCUT2D eigenvalue weighted by molar-refractivity contribution is 0.441. The second-order valence-electron chi connectivity index (χ2n) is 8.55. The number of pyridine rings is 1. The van der Waals surface area contributed by atoms with Crippen LogP contribution in [0.25, 0.3) is 39.0 Å². The number of H-pyrrole nitrogens is 1. The van der Waals surface area contributed by atoms with Crippen LogP contribution < -0.4 is 11.5 Å². The second-order valence-corrected chi connectivity index (χ2v) is 8.55. The number of halogens is 2. The molecule has 2 aromatic carbocycles. The third kappa shape index (κ3) is 5.60. The van der Waals surface area contributed by atoms with Crippen LogP contribution >= 0.6 is 0 Å². The predicted molar refractivity (Wildman–Crippen MR) is 137 cm³/mol. The van der Waals surface area contributed by atoms with Crippen LogP contribution in [-0.4, -0.2) is 27.2 Å². The zero-order chi connectivity index (χ0) is 24.8. The maximum Gasteiger partial charge on any atom is 0.159 e. The van der Waals surface area contributed by atoms with Gasteiger partial charge < -0.3 is 21.9 Å². The number of aromatic amines is 1. The first-order valence-corrected chi connectivity index (χ1v) is 11.6. The molecule has 1 fully saturated rings. The Morgan fingerprint density at radius 3 is 2.40 bits per heavy atom. The van der Waals surface area contributed by atoms with E-state index < -0.39 is 11.6 Å². The quantitative estimate of drug-likeness (QED) is 0.280. The number of hydrogen-bond acceptors (Lipinski definition) is 5. The van der Waals surface area contributed by atoms with Crippen LogP contribution in [0.4, 0.5) is 8.78 Å². The van der Waals surface area contributed by atoms with Gasteiger partial charge in [-0.25, -0.2) is 13.8 Å². The van der Waals surface area contributed by atoms with Gasteiger partial charge in [-0.3, -0.25) is 4.98 Å². The van der Waals surface area contributed by atoms with E-state index in [1.807, 2.05) is 24.3 Å². The number of nitrogens with one attached hydrogen (secondary N) is 2. The van der Waals surface area contributed by atoms with Gasteiger partial charge in [0.25, 0.3) is 0 Å². The van der Waals surface area contributed by atoms with Gasteiger partial charge in [-0.05, 0) is 49.2 Å². The van der Waals surface area contributed by atoms with E-state index in [1.54, 1.807) is 6.20 Å². The number of nitrogens with zero attached hydrogens (tertiary/aromatic N) is 2. The first-order valence-electron chi connectivity index (χ1n) is 11.6. The molecule has 4 aromatic rings. The van der Waals surface area contributed by atoms with Gasteiger partial charge in [0, 0.05) is 52.3 Å². The number of nitrogens with two attached hydrogens (primary N) is 2. The highest BCUT2D eigenvalue weighted by Crippen LogP contribution is 2.31. The van der Waals surface area contributed by atoms with Crippen LogP contribution in [-0.2, 0) is 0 Å². The molecule has 0 spiro atoms. The third-order valence-electron chi connectivity index (χ3n) is 6.12. The first-order chi connectivity index (χ1) is 17.0. The highest BCUT2D eigenvalue weighted by molar-refractivity contribution is 6.09. The van der Waals surface area contributed by atoms with Gasteiger partial charge in [0.15, 0.2) is 11.6 Å². The molecule has 8 heteroatoms. The molecule has 1 saturated carbocycles. The van der Waals surface area contributed by atoms with Crippen molar-refractivity contribution in [1.82, 2.24) is 15.0 Å². The Morgan fingerprint density at radius 1 is 0.971 bits per heavy atom. The smallest absolute Gasteiger partial charge is 0.159 e. The number of aromatic nitrogens is 3. The maximum absolute atomic E-state index is 13.6. The minimum Gasteiger partial charge on any atom is -0.404 e. The van der Waals surface area contributed by atoms with E-state index in [4.69, 9.17) is 16.9 Å². The summed E-state index contributed by atoms with van der Waals surface area (Å²) >= 11 is 0. The van der Waals surface area contributed by atoms with Crippen molar-refractivity contribution in [3.63, 3.8) is 0 Å². The average Bonchev–Trinajstić information content (AvgIpc) is 3.37. The Balaban J connectivity index is 0.000000356. The summed E-state index contributed by atoms with van der Waals surface area (Å²) in [5.41, 5.74) is 15.8. The molecule has 0 bridgehead atoms. The minimum atomic E-state index is -0.924. The molecule has 2 aromatic heterocycles. The Kier molecular flexibility index (Phi) is 7.62. The normalized spacial score (nSPS) is 14.4. The lowest BCUT2D eigenvalue weighted by Gasteiger charge is -2.15. The first kappa shape index (κ1) is 24.2.